The normalized spacial score (nSPS) is 11.3. The first-order chi connectivity index (χ1) is 10.1. The molecule has 0 aliphatic carbocycles. The lowest BCUT2D eigenvalue weighted by molar-refractivity contribution is 0.0952. The van der Waals surface area contributed by atoms with Crippen molar-refractivity contribution in [1.82, 2.24) is 5.43 Å². The maximum Gasteiger partial charge on any atom is 0.275 e. The highest BCUT2D eigenvalue weighted by Crippen LogP contribution is 2.30. The minimum absolute atomic E-state index is 0.00524. The van der Waals surface area contributed by atoms with E-state index in [1.54, 1.807) is 30.5 Å². The summed E-state index contributed by atoms with van der Waals surface area (Å²) in [5.41, 5.74) is 2.19. The average Bonchev–Trinajstić information content (AvgIpc) is 2.95. The van der Waals surface area contributed by atoms with Crippen LogP contribution in [-0.2, 0) is 0 Å². The zero-order valence-corrected chi connectivity index (χ0v) is 12.1. The predicted molar refractivity (Wildman–Crippen MR) is 81.8 cm³/mol. The Labute approximate surface area is 130 Å². The lowest BCUT2D eigenvalue weighted by Gasteiger charge is -2.05. The van der Waals surface area contributed by atoms with Crippen LogP contribution in [0.1, 0.15) is 16.1 Å². The van der Waals surface area contributed by atoms with Gasteiger partial charge in [-0.15, -0.1) is 0 Å². The largest absolute Gasteiger partial charge is 0.506 e. The molecule has 0 aliphatic heterocycles. The zero-order chi connectivity index (χ0) is 15.2. The molecule has 2 aromatic rings. The predicted octanol–water partition coefficient (Wildman–Crippen LogP) is 3.72. The fourth-order valence-corrected chi connectivity index (χ4v) is 1.96. The van der Waals surface area contributed by atoms with Gasteiger partial charge in [0.2, 0.25) is 0 Å². The van der Waals surface area contributed by atoms with Crippen LogP contribution in [0, 0.1) is 0 Å². The quantitative estimate of drug-likeness (QED) is 0.664. The van der Waals surface area contributed by atoms with E-state index in [1.807, 2.05) is 0 Å². The van der Waals surface area contributed by atoms with Crippen LogP contribution < -0.4 is 5.43 Å². The van der Waals surface area contributed by atoms with Gasteiger partial charge in [-0.3, -0.25) is 4.79 Å². The van der Waals surface area contributed by atoms with Gasteiger partial charge in [0.1, 0.15) is 11.5 Å². The van der Waals surface area contributed by atoms with Crippen molar-refractivity contribution in [3.05, 3.63) is 58.0 Å². The van der Waals surface area contributed by atoms with Gasteiger partial charge < -0.3 is 9.52 Å². The highest BCUT2D eigenvalue weighted by Gasteiger charge is 2.14. The van der Waals surface area contributed by atoms with Crippen LogP contribution in [0.2, 0.25) is 10.0 Å². The highest BCUT2D eigenvalue weighted by molar-refractivity contribution is 6.36. The van der Waals surface area contributed by atoms with Gasteiger partial charge in [0.25, 0.3) is 5.91 Å². The Bertz CT molecular complexity index is 694. The minimum Gasteiger partial charge on any atom is -0.506 e. The Morgan fingerprint density at radius 3 is 2.90 bits per heavy atom. The maximum atomic E-state index is 11.8. The van der Waals surface area contributed by atoms with Crippen molar-refractivity contribution in [3.8, 4) is 5.75 Å². The molecule has 0 radical (unpaired) electrons. The molecule has 2 N–H and O–H groups in total. The third kappa shape index (κ3) is 4.11. The number of halogens is 2. The van der Waals surface area contributed by atoms with Crippen molar-refractivity contribution < 1.29 is 14.3 Å². The number of rotatable bonds is 4. The summed E-state index contributed by atoms with van der Waals surface area (Å²) in [5, 5.41) is 13.6. The molecule has 7 heteroatoms. The smallest absolute Gasteiger partial charge is 0.275 e. The van der Waals surface area contributed by atoms with Gasteiger partial charge in [-0.25, -0.2) is 5.43 Å². The van der Waals surface area contributed by atoms with E-state index < -0.39 is 5.91 Å². The van der Waals surface area contributed by atoms with Crippen molar-refractivity contribution in [2.75, 3.05) is 0 Å². The molecule has 2 rings (SSSR count). The number of hydrazone groups is 1. The number of amides is 1. The van der Waals surface area contributed by atoms with Gasteiger partial charge >= 0.3 is 0 Å². The first-order valence-corrected chi connectivity index (χ1v) is 6.55. The molecule has 1 amide bonds. The van der Waals surface area contributed by atoms with E-state index in [4.69, 9.17) is 27.6 Å². The van der Waals surface area contributed by atoms with E-state index in [2.05, 4.69) is 10.5 Å². The molecule has 5 nitrogen and oxygen atoms in total. The van der Waals surface area contributed by atoms with Crippen molar-refractivity contribution in [1.29, 1.82) is 0 Å². The molecular weight excluding hydrogens is 315 g/mol. The Morgan fingerprint density at radius 1 is 1.38 bits per heavy atom. The lowest BCUT2D eigenvalue weighted by Crippen LogP contribution is -2.17. The third-order valence-corrected chi connectivity index (χ3v) is 2.91. The van der Waals surface area contributed by atoms with Crippen LogP contribution in [-0.4, -0.2) is 17.2 Å². The van der Waals surface area contributed by atoms with Gasteiger partial charge in [0.15, 0.2) is 0 Å². The van der Waals surface area contributed by atoms with Gasteiger partial charge in [0.05, 0.1) is 16.8 Å². The van der Waals surface area contributed by atoms with Gasteiger partial charge in [-0.2, -0.15) is 5.10 Å². The van der Waals surface area contributed by atoms with Crippen LogP contribution >= 0.6 is 23.2 Å². The second kappa shape index (κ2) is 6.97. The Balaban J connectivity index is 1.99. The van der Waals surface area contributed by atoms with Crippen LogP contribution in [0.3, 0.4) is 0 Å². The van der Waals surface area contributed by atoms with E-state index in [0.29, 0.717) is 5.76 Å². The summed E-state index contributed by atoms with van der Waals surface area (Å²) in [6, 6.07) is 6.16. The molecule has 1 aromatic heterocycles. The molecule has 1 heterocycles. The molecule has 1 aromatic carbocycles. The first-order valence-electron chi connectivity index (χ1n) is 5.79. The number of hydrogen-bond donors (Lipinski definition) is 2. The van der Waals surface area contributed by atoms with Crippen molar-refractivity contribution >= 4 is 41.4 Å². The summed E-state index contributed by atoms with van der Waals surface area (Å²) in [5.74, 6) is -0.313. The topological polar surface area (TPSA) is 74.8 Å². The van der Waals surface area contributed by atoms with E-state index in [1.165, 1.54) is 18.3 Å². The second-order valence-corrected chi connectivity index (χ2v) is 4.72. The van der Waals surface area contributed by atoms with Gasteiger partial charge in [-0.05, 0) is 36.4 Å². The summed E-state index contributed by atoms with van der Waals surface area (Å²) in [4.78, 5) is 11.8. The first kappa shape index (κ1) is 15.2. The van der Waals surface area contributed by atoms with E-state index in [-0.39, 0.29) is 21.4 Å². The summed E-state index contributed by atoms with van der Waals surface area (Å²) >= 11 is 11.5. The zero-order valence-electron chi connectivity index (χ0n) is 10.6. The SMILES string of the molecule is O=C(N/N=C/C=C/c1ccco1)c1cc(Cl)cc(Cl)c1O. The van der Waals surface area contributed by atoms with Crippen LogP contribution in [0.4, 0.5) is 0 Å². The number of carbonyl (C=O) groups is 1. The molecule has 21 heavy (non-hydrogen) atoms. The fourth-order valence-electron chi connectivity index (χ4n) is 1.46. The van der Waals surface area contributed by atoms with Crippen LogP contribution in [0.15, 0.2) is 46.1 Å². The van der Waals surface area contributed by atoms with Crippen molar-refractivity contribution in [3.63, 3.8) is 0 Å². The Morgan fingerprint density at radius 2 is 2.19 bits per heavy atom. The monoisotopic (exact) mass is 324 g/mol. The highest BCUT2D eigenvalue weighted by atomic mass is 35.5. The standard InChI is InChI=1S/C14H10Cl2N2O3/c15-9-7-11(13(19)12(16)8-9)14(20)18-17-5-1-3-10-4-2-6-21-10/h1-8,19H,(H,18,20)/b3-1+,17-5+. The number of allylic oxidation sites excluding steroid dienone is 1. The molecule has 0 bridgehead atoms. The molecule has 0 saturated carbocycles. The fraction of sp³-hybridized carbons (Fsp3) is 0. The number of nitrogens with zero attached hydrogens (tertiary/aromatic N) is 1. The van der Waals surface area contributed by atoms with E-state index in [9.17, 15) is 9.90 Å². The van der Waals surface area contributed by atoms with E-state index in [0.717, 1.165) is 0 Å². The third-order valence-electron chi connectivity index (χ3n) is 2.40. The lowest BCUT2D eigenvalue weighted by atomic mass is 10.2. The number of benzene rings is 1. The van der Waals surface area contributed by atoms with Gasteiger partial charge in [0, 0.05) is 11.2 Å². The Kier molecular flexibility index (Phi) is 5.03. The molecule has 0 fully saturated rings. The number of nitrogens with one attached hydrogen (secondary N) is 1. The second-order valence-electron chi connectivity index (χ2n) is 3.88. The summed E-state index contributed by atoms with van der Waals surface area (Å²) < 4.78 is 5.07. The molecule has 0 aliphatic rings. The van der Waals surface area contributed by atoms with Crippen LogP contribution in [0.25, 0.3) is 6.08 Å². The van der Waals surface area contributed by atoms with E-state index >= 15 is 0 Å². The number of phenols is 1. The average molecular weight is 325 g/mol. The molecule has 0 saturated heterocycles. The van der Waals surface area contributed by atoms with Crippen molar-refractivity contribution in [2.45, 2.75) is 0 Å². The van der Waals surface area contributed by atoms with Crippen molar-refractivity contribution in [2.24, 2.45) is 5.10 Å². The number of phenolic OH excluding ortho intramolecular Hbond substituents is 1. The number of hydrogen-bond acceptors (Lipinski definition) is 4. The van der Waals surface area contributed by atoms with Crippen LogP contribution in [0.5, 0.6) is 5.75 Å². The maximum absolute atomic E-state index is 11.8. The Hall–Kier alpha value is -2.24. The number of carbonyl (C=O) groups excluding carboxylic acids is 1. The summed E-state index contributed by atoms with van der Waals surface area (Å²) in [6.45, 7) is 0. The molecular formula is C14H10Cl2N2O3. The van der Waals surface area contributed by atoms with Gasteiger partial charge in [-0.1, -0.05) is 23.2 Å². The number of aromatic hydroxyl groups is 1. The molecule has 0 unspecified atom stereocenters. The summed E-state index contributed by atoms with van der Waals surface area (Å²) in [7, 11) is 0. The molecule has 0 atom stereocenters. The number of furan rings is 1. The minimum atomic E-state index is -0.625. The summed E-state index contributed by atoms with van der Waals surface area (Å²) in [6.07, 6.45) is 6.17. The molecule has 108 valence electrons. The molecule has 0 spiro atoms.